The summed E-state index contributed by atoms with van der Waals surface area (Å²) in [6.07, 6.45) is 1.60. The van der Waals surface area contributed by atoms with Crippen molar-refractivity contribution >= 4 is 17.5 Å². The van der Waals surface area contributed by atoms with Crippen LogP contribution in [0.2, 0.25) is 0 Å². The van der Waals surface area contributed by atoms with E-state index in [1.807, 2.05) is 18.2 Å². The third-order valence-corrected chi connectivity index (χ3v) is 4.05. The molecular weight excluding hydrogens is 336 g/mol. The van der Waals surface area contributed by atoms with Crippen LogP contribution in [-0.2, 0) is 4.74 Å². The maximum atomic E-state index is 5.35. The topological polar surface area (TPSA) is 93.7 Å². The molecule has 0 radical (unpaired) electrons. The summed E-state index contributed by atoms with van der Waals surface area (Å²) >= 11 is 0. The lowest BCUT2D eigenvalue weighted by molar-refractivity contribution is 0.0398. The van der Waals surface area contributed by atoms with Crippen LogP contribution in [0.15, 0.2) is 24.4 Å². The number of nitrogens with one attached hydrogen (secondary N) is 2. The van der Waals surface area contributed by atoms with E-state index in [2.05, 4.69) is 30.7 Å². The number of benzene rings is 1. The van der Waals surface area contributed by atoms with Gasteiger partial charge >= 0.3 is 0 Å². The first-order chi connectivity index (χ1) is 12.8. The number of morpholine rings is 1. The predicted molar refractivity (Wildman–Crippen MR) is 98.4 cm³/mol. The van der Waals surface area contributed by atoms with Gasteiger partial charge in [0.25, 0.3) is 0 Å². The van der Waals surface area contributed by atoms with Crippen LogP contribution in [-0.4, -0.2) is 73.7 Å². The number of anilines is 3. The minimum Gasteiger partial charge on any atom is -0.497 e. The third-order valence-electron chi connectivity index (χ3n) is 4.05. The van der Waals surface area contributed by atoms with Crippen molar-refractivity contribution in [3.63, 3.8) is 0 Å². The van der Waals surface area contributed by atoms with E-state index in [4.69, 9.17) is 14.2 Å². The number of hydrogen-bond donors (Lipinski definition) is 2. The van der Waals surface area contributed by atoms with Gasteiger partial charge in [-0.25, -0.2) is 0 Å². The van der Waals surface area contributed by atoms with Crippen molar-refractivity contribution in [2.45, 2.75) is 0 Å². The van der Waals surface area contributed by atoms with Gasteiger partial charge in [0.05, 0.1) is 39.3 Å². The summed E-state index contributed by atoms with van der Waals surface area (Å²) in [7, 11) is 3.22. The van der Waals surface area contributed by atoms with Gasteiger partial charge < -0.3 is 24.8 Å². The quantitative estimate of drug-likeness (QED) is 0.724. The molecule has 0 unspecified atom stereocenters. The van der Waals surface area contributed by atoms with Gasteiger partial charge in [-0.2, -0.15) is 10.1 Å². The highest BCUT2D eigenvalue weighted by Gasteiger charge is 2.10. The van der Waals surface area contributed by atoms with Crippen LogP contribution in [0.3, 0.4) is 0 Å². The van der Waals surface area contributed by atoms with Crippen molar-refractivity contribution in [2.24, 2.45) is 0 Å². The first-order valence-corrected chi connectivity index (χ1v) is 8.51. The van der Waals surface area contributed by atoms with Crippen LogP contribution in [0.25, 0.3) is 0 Å². The van der Waals surface area contributed by atoms with E-state index in [-0.39, 0.29) is 0 Å². The normalized spacial score (nSPS) is 14.7. The zero-order valence-corrected chi connectivity index (χ0v) is 15.1. The molecule has 0 amide bonds. The van der Waals surface area contributed by atoms with Gasteiger partial charge in [0.2, 0.25) is 5.95 Å². The second kappa shape index (κ2) is 9.16. The Morgan fingerprint density at radius 3 is 2.81 bits per heavy atom. The molecule has 9 heteroatoms. The molecule has 1 aromatic carbocycles. The first-order valence-electron chi connectivity index (χ1n) is 8.51. The molecule has 2 heterocycles. The molecule has 1 aliphatic rings. The summed E-state index contributed by atoms with van der Waals surface area (Å²) in [6, 6.07) is 5.46. The largest absolute Gasteiger partial charge is 0.497 e. The van der Waals surface area contributed by atoms with E-state index in [9.17, 15) is 0 Å². The van der Waals surface area contributed by atoms with Crippen LogP contribution in [0, 0.1) is 0 Å². The van der Waals surface area contributed by atoms with Gasteiger partial charge in [0.1, 0.15) is 11.5 Å². The van der Waals surface area contributed by atoms with Crippen molar-refractivity contribution in [1.29, 1.82) is 0 Å². The molecule has 140 valence electrons. The van der Waals surface area contributed by atoms with E-state index in [0.717, 1.165) is 39.4 Å². The molecule has 3 rings (SSSR count). The number of ether oxygens (including phenoxy) is 3. The molecule has 2 aromatic rings. The molecule has 1 aliphatic heterocycles. The summed E-state index contributed by atoms with van der Waals surface area (Å²) in [5, 5.41) is 14.4. The lowest BCUT2D eigenvalue weighted by atomic mass is 10.2. The average molecular weight is 360 g/mol. The molecule has 9 nitrogen and oxygen atoms in total. The summed E-state index contributed by atoms with van der Waals surface area (Å²) in [6.45, 7) is 5.23. The Bertz CT molecular complexity index is 709. The molecule has 0 spiro atoms. The number of hydrogen-bond acceptors (Lipinski definition) is 9. The zero-order chi connectivity index (χ0) is 18.2. The Morgan fingerprint density at radius 1 is 1.19 bits per heavy atom. The van der Waals surface area contributed by atoms with E-state index < -0.39 is 0 Å². The van der Waals surface area contributed by atoms with Crippen LogP contribution < -0.4 is 20.1 Å². The van der Waals surface area contributed by atoms with E-state index >= 15 is 0 Å². The minimum atomic E-state index is 0.382. The van der Waals surface area contributed by atoms with Crippen LogP contribution in [0.4, 0.5) is 17.5 Å². The highest BCUT2D eigenvalue weighted by Crippen LogP contribution is 2.30. The van der Waals surface area contributed by atoms with Gasteiger partial charge in [0.15, 0.2) is 5.82 Å². The van der Waals surface area contributed by atoms with Crippen molar-refractivity contribution < 1.29 is 14.2 Å². The maximum absolute atomic E-state index is 5.35. The lowest BCUT2D eigenvalue weighted by Gasteiger charge is -2.26. The van der Waals surface area contributed by atoms with Crippen LogP contribution in [0.5, 0.6) is 11.5 Å². The fourth-order valence-electron chi connectivity index (χ4n) is 2.64. The lowest BCUT2D eigenvalue weighted by Crippen LogP contribution is -2.39. The molecule has 0 atom stereocenters. The predicted octanol–water partition coefficient (Wildman–Crippen LogP) is 1.38. The van der Waals surface area contributed by atoms with Crippen molar-refractivity contribution in [2.75, 3.05) is 64.2 Å². The summed E-state index contributed by atoms with van der Waals surface area (Å²) in [5.41, 5.74) is 0.708. The molecule has 0 aliphatic carbocycles. The molecule has 0 bridgehead atoms. The second-order valence-corrected chi connectivity index (χ2v) is 5.74. The van der Waals surface area contributed by atoms with Crippen molar-refractivity contribution in [3.05, 3.63) is 24.4 Å². The second-order valence-electron chi connectivity index (χ2n) is 5.74. The number of methoxy groups -OCH3 is 2. The summed E-state index contributed by atoms with van der Waals surface area (Å²) in [4.78, 5) is 6.80. The molecule has 1 saturated heterocycles. The van der Waals surface area contributed by atoms with Crippen LogP contribution in [0.1, 0.15) is 0 Å². The zero-order valence-electron chi connectivity index (χ0n) is 15.1. The van der Waals surface area contributed by atoms with Crippen molar-refractivity contribution in [3.8, 4) is 11.5 Å². The van der Waals surface area contributed by atoms with Gasteiger partial charge in [-0.15, -0.1) is 5.10 Å². The number of rotatable bonds is 8. The fourth-order valence-corrected chi connectivity index (χ4v) is 2.64. The van der Waals surface area contributed by atoms with E-state index in [1.165, 1.54) is 0 Å². The number of nitrogens with zero attached hydrogens (tertiary/aromatic N) is 4. The molecule has 2 N–H and O–H groups in total. The standard InChI is InChI=1S/C17H24N6O3/c1-24-13-3-4-15(25-2)14(11-13)20-17-21-16(12-19-22-17)18-5-6-23-7-9-26-10-8-23/h3-4,11-12H,5-10H2,1-2H3,(H2,18,20,21,22). The molecule has 26 heavy (non-hydrogen) atoms. The number of aromatic nitrogens is 3. The molecular formula is C17H24N6O3. The van der Waals surface area contributed by atoms with E-state index in [1.54, 1.807) is 20.4 Å². The van der Waals surface area contributed by atoms with Gasteiger partial charge in [-0.3, -0.25) is 4.90 Å². The van der Waals surface area contributed by atoms with Crippen LogP contribution >= 0.6 is 0 Å². The Morgan fingerprint density at radius 2 is 2.04 bits per heavy atom. The maximum Gasteiger partial charge on any atom is 0.249 e. The molecule has 0 saturated carbocycles. The van der Waals surface area contributed by atoms with Gasteiger partial charge in [-0.1, -0.05) is 0 Å². The SMILES string of the molecule is COc1ccc(OC)c(Nc2nncc(NCCN3CCOCC3)n2)c1. The Kier molecular flexibility index (Phi) is 6.39. The Hall–Kier alpha value is -2.65. The first kappa shape index (κ1) is 18.2. The molecule has 1 aromatic heterocycles. The van der Waals surface area contributed by atoms with E-state index in [0.29, 0.717) is 29.0 Å². The Balaban J connectivity index is 1.60. The monoisotopic (exact) mass is 360 g/mol. The summed E-state index contributed by atoms with van der Waals surface area (Å²) in [5.74, 6) is 2.42. The smallest absolute Gasteiger partial charge is 0.249 e. The third kappa shape index (κ3) is 4.93. The highest BCUT2D eigenvalue weighted by atomic mass is 16.5. The van der Waals surface area contributed by atoms with Gasteiger partial charge in [0, 0.05) is 32.2 Å². The fraction of sp³-hybridized carbons (Fsp3) is 0.471. The minimum absolute atomic E-state index is 0.382. The highest BCUT2D eigenvalue weighted by molar-refractivity contribution is 5.65. The summed E-state index contributed by atoms with van der Waals surface area (Å²) < 4.78 is 16.0. The molecule has 1 fully saturated rings. The van der Waals surface area contributed by atoms with Gasteiger partial charge in [-0.05, 0) is 12.1 Å². The Labute approximate surface area is 152 Å². The van der Waals surface area contributed by atoms with Crippen molar-refractivity contribution in [1.82, 2.24) is 20.1 Å². The average Bonchev–Trinajstić information content (AvgIpc) is 2.69.